The fraction of sp³-hybridized carbons (Fsp3) is 0.267. The standard InChI is InChI=1S/C15H17ClN2O/c1-11(2)18-7-6-12(10-18)9-17-14-8-13(16)4-5-15(14)19-3/h4-11H,1-3H3. The maximum atomic E-state index is 5.97. The van der Waals surface area contributed by atoms with Crippen LogP contribution < -0.4 is 4.74 Å². The van der Waals surface area contributed by atoms with Gasteiger partial charge in [0.1, 0.15) is 11.4 Å². The van der Waals surface area contributed by atoms with Crippen molar-refractivity contribution in [3.63, 3.8) is 0 Å². The minimum absolute atomic E-state index is 0.447. The molecule has 2 rings (SSSR count). The third-order valence-corrected chi connectivity index (χ3v) is 3.06. The zero-order valence-corrected chi connectivity index (χ0v) is 12.1. The summed E-state index contributed by atoms with van der Waals surface area (Å²) < 4.78 is 7.39. The summed E-state index contributed by atoms with van der Waals surface area (Å²) in [7, 11) is 1.62. The van der Waals surface area contributed by atoms with E-state index in [0.717, 1.165) is 11.3 Å². The van der Waals surface area contributed by atoms with E-state index in [9.17, 15) is 0 Å². The van der Waals surface area contributed by atoms with Crippen molar-refractivity contribution >= 4 is 23.5 Å². The molecule has 0 bridgehead atoms. The van der Waals surface area contributed by atoms with Crippen molar-refractivity contribution in [3.05, 3.63) is 47.2 Å². The van der Waals surface area contributed by atoms with Crippen LogP contribution in [0.25, 0.3) is 0 Å². The van der Waals surface area contributed by atoms with Gasteiger partial charge in [0, 0.05) is 35.2 Å². The molecule has 0 N–H and O–H groups in total. The van der Waals surface area contributed by atoms with Crippen LogP contribution in [-0.4, -0.2) is 17.9 Å². The first-order valence-corrected chi connectivity index (χ1v) is 6.53. The Bertz CT molecular complexity index is 588. The number of hydrogen-bond acceptors (Lipinski definition) is 2. The Labute approximate surface area is 118 Å². The van der Waals surface area contributed by atoms with Gasteiger partial charge in [-0.05, 0) is 38.1 Å². The van der Waals surface area contributed by atoms with E-state index in [-0.39, 0.29) is 0 Å². The van der Waals surface area contributed by atoms with Gasteiger partial charge in [-0.25, -0.2) is 0 Å². The molecule has 1 aromatic heterocycles. The molecule has 0 saturated heterocycles. The van der Waals surface area contributed by atoms with Gasteiger partial charge in [-0.2, -0.15) is 0 Å². The minimum atomic E-state index is 0.447. The highest BCUT2D eigenvalue weighted by Crippen LogP contribution is 2.30. The number of methoxy groups -OCH3 is 1. The Morgan fingerprint density at radius 1 is 1.32 bits per heavy atom. The zero-order valence-electron chi connectivity index (χ0n) is 11.3. The van der Waals surface area contributed by atoms with Gasteiger partial charge in [0.25, 0.3) is 0 Å². The van der Waals surface area contributed by atoms with E-state index in [0.29, 0.717) is 16.8 Å². The minimum Gasteiger partial charge on any atom is -0.494 e. The van der Waals surface area contributed by atoms with Gasteiger partial charge in [-0.15, -0.1) is 0 Å². The summed E-state index contributed by atoms with van der Waals surface area (Å²) in [5.74, 6) is 0.712. The summed E-state index contributed by atoms with van der Waals surface area (Å²) in [6, 6.07) is 7.86. The highest BCUT2D eigenvalue weighted by atomic mass is 35.5. The van der Waals surface area contributed by atoms with Crippen molar-refractivity contribution in [2.75, 3.05) is 7.11 Å². The number of rotatable bonds is 4. The Kier molecular flexibility index (Phi) is 4.27. The van der Waals surface area contributed by atoms with Crippen LogP contribution in [0.3, 0.4) is 0 Å². The summed E-state index contributed by atoms with van der Waals surface area (Å²) in [6.45, 7) is 4.28. The molecule has 0 amide bonds. The second kappa shape index (κ2) is 5.93. The van der Waals surface area contributed by atoms with E-state index in [2.05, 4.69) is 29.6 Å². The van der Waals surface area contributed by atoms with Gasteiger partial charge in [0.2, 0.25) is 0 Å². The van der Waals surface area contributed by atoms with Crippen molar-refractivity contribution in [2.24, 2.45) is 4.99 Å². The van der Waals surface area contributed by atoms with Crippen LogP contribution in [-0.2, 0) is 0 Å². The summed E-state index contributed by atoms with van der Waals surface area (Å²) in [5, 5.41) is 0.646. The number of aliphatic imine (C=N–C) groups is 1. The van der Waals surface area contributed by atoms with E-state index < -0.39 is 0 Å². The lowest BCUT2D eigenvalue weighted by molar-refractivity contribution is 0.416. The summed E-state index contributed by atoms with van der Waals surface area (Å²) in [5.41, 5.74) is 1.78. The van der Waals surface area contributed by atoms with E-state index in [4.69, 9.17) is 16.3 Å². The highest BCUT2D eigenvalue weighted by molar-refractivity contribution is 6.30. The first-order chi connectivity index (χ1) is 9.10. The maximum absolute atomic E-state index is 5.97. The molecule has 1 heterocycles. The third-order valence-electron chi connectivity index (χ3n) is 2.83. The van der Waals surface area contributed by atoms with Gasteiger partial charge < -0.3 is 9.30 Å². The summed E-state index contributed by atoms with van der Waals surface area (Å²) in [6.07, 6.45) is 5.92. The lowest BCUT2D eigenvalue weighted by Gasteiger charge is -2.05. The largest absolute Gasteiger partial charge is 0.494 e. The predicted octanol–water partition coefficient (Wildman–Crippen LogP) is 4.48. The van der Waals surface area contributed by atoms with Gasteiger partial charge in [-0.1, -0.05) is 11.6 Å². The molecule has 0 aliphatic carbocycles. The lowest BCUT2D eigenvalue weighted by Crippen LogP contribution is -1.95. The Hall–Kier alpha value is -1.74. The maximum Gasteiger partial charge on any atom is 0.144 e. The van der Waals surface area contributed by atoms with Crippen LogP contribution in [0.5, 0.6) is 5.75 Å². The second-order valence-electron chi connectivity index (χ2n) is 4.56. The fourth-order valence-corrected chi connectivity index (χ4v) is 1.90. The van der Waals surface area contributed by atoms with E-state index in [1.165, 1.54) is 0 Å². The molecule has 0 aliphatic rings. The van der Waals surface area contributed by atoms with Crippen molar-refractivity contribution in [2.45, 2.75) is 19.9 Å². The van der Waals surface area contributed by atoms with Crippen LogP contribution in [0.15, 0.2) is 41.7 Å². The van der Waals surface area contributed by atoms with Gasteiger partial charge in [-0.3, -0.25) is 4.99 Å². The quantitative estimate of drug-likeness (QED) is 0.756. The molecule has 0 fully saturated rings. The highest BCUT2D eigenvalue weighted by Gasteiger charge is 2.02. The molecule has 19 heavy (non-hydrogen) atoms. The molecule has 0 spiro atoms. The SMILES string of the molecule is COc1ccc(Cl)cc1N=Cc1ccn(C(C)C)c1. The van der Waals surface area contributed by atoms with Crippen LogP contribution >= 0.6 is 11.6 Å². The number of benzene rings is 1. The van der Waals surface area contributed by atoms with Crippen LogP contribution in [0.1, 0.15) is 25.5 Å². The molecular formula is C15H17ClN2O. The van der Waals surface area contributed by atoms with Crippen LogP contribution in [0, 0.1) is 0 Å². The molecule has 0 aliphatic heterocycles. The number of nitrogens with zero attached hydrogens (tertiary/aromatic N) is 2. The van der Waals surface area contributed by atoms with E-state index >= 15 is 0 Å². The van der Waals surface area contributed by atoms with Gasteiger partial charge in [0.15, 0.2) is 0 Å². The van der Waals surface area contributed by atoms with Crippen molar-refractivity contribution in [1.82, 2.24) is 4.57 Å². The number of aromatic nitrogens is 1. The van der Waals surface area contributed by atoms with Crippen molar-refractivity contribution in [1.29, 1.82) is 0 Å². The average molecular weight is 277 g/mol. The summed E-state index contributed by atoms with van der Waals surface area (Å²) >= 11 is 5.97. The molecule has 1 aromatic carbocycles. The normalized spacial score (nSPS) is 11.4. The van der Waals surface area contributed by atoms with Crippen molar-refractivity contribution < 1.29 is 4.74 Å². The number of ether oxygens (including phenoxy) is 1. The summed E-state index contributed by atoms with van der Waals surface area (Å²) in [4.78, 5) is 4.43. The molecule has 4 heteroatoms. The molecule has 3 nitrogen and oxygen atoms in total. The van der Waals surface area contributed by atoms with E-state index in [1.54, 1.807) is 19.2 Å². The van der Waals surface area contributed by atoms with Crippen LogP contribution in [0.4, 0.5) is 5.69 Å². The zero-order chi connectivity index (χ0) is 13.8. The monoisotopic (exact) mass is 276 g/mol. The van der Waals surface area contributed by atoms with E-state index in [1.807, 2.05) is 24.5 Å². The molecule has 0 radical (unpaired) electrons. The van der Waals surface area contributed by atoms with Crippen LogP contribution in [0.2, 0.25) is 5.02 Å². The lowest BCUT2D eigenvalue weighted by atomic mass is 10.3. The predicted molar refractivity (Wildman–Crippen MR) is 80.1 cm³/mol. The Morgan fingerprint density at radius 2 is 2.11 bits per heavy atom. The molecule has 0 atom stereocenters. The van der Waals surface area contributed by atoms with Gasteiger partial charge in [0.05, 0.1) is 7.11 Å². The molecule has 2 aromatic rings. The first-order valence-electron chi connectivity index (χ1n) is 6.15. The molecule has 0 unspecified atom stereocenters. The second-order valence-corrected chi connectivity index (χ2v) is 5.00. The van der Waals surface area contributed by atoms with Crippen molar-refractivity contribution in [3.8, 4) is 5.75 Å². The Morgan fingerprint density at radius 3 is 2.74 bits per heavy atom. The first kappa shape index (κ1) is 13.7. The average Bonchev–Trinajstić information content (AvgIpc) is 2.85. The smallest absolute Gasteiger partial charge is 0.144 e. The third kappa shape index (κ3) is 3.38. The number of hydrogen-bond donors (Lipinski definition) is 0. The molecule has 100 valence electrons. The topological polar surface area (TPSA) is 26.5 Å². The number of halogens is 1. The molecule has 0 saturated carbocycles. The van der Waals surface area contributed by atoms with Gasteiger partial charge >= 0.3 is 0 Å². The fourth-order valence-electron chi connectivity index (χ4n) is 1.74. The molecular weight excluding hydrogens is 260 g/mol. The Balaban J connectivity index is 2.24.